The molecule has 0 aliphatic carbocycles. The van der Waals surface area contributed by atoms with Gasteiger partial charge in [0.1, 0.15) is 5.75 Å². The van der Waals surface area contributed by atoms with Gasteiger partial charge in [-0.25, -0.2) is 4.79 Å². The van der Waals surface area contributed by atoms with Crippen molar-refractivity contribution in [1.29, 1.82) is 0 Å². The quantitative estimate of drug-likeness (QED) is 0.380. The maximum absolute atomic E-state index is 12.0. The number of methoxy groups -OCH3 is 1. The molecule has 0 saturated heterocycles. The van der Waals surface area contributed by atoms with E-state index in [1.165, 1.54) is 12.1 Å². The van der Waals surface area contributed by atoms with Crippen molar-refractivity contribution in [2.24, 2.45) is 0 Å². The smallest absolute Gasteiger partial charge is 0.497 e. The lowest BCUT2D eigenvalue weighted by atomic mass is 10.2. The molecule has 0 radical (unpaired) electrons. The second-order valence-corrected chi connectivity index (χ2v) is 5.98. The third-order valence-electron chi connectivity index (χ3n) is 3.52. The van der Waals surface area contributed by atoms with E-state index >= 15 is 0 Å². The lowest BCUT2D eigenvalue weighted by Gasteiger charge is -2.29. The van der Waals surface area contributed by atoms with Crippen LogP contribution in [-0.2, 0) is 4.74 Å². The highest BCUT2D eigenvalue weighted by atomic mass is 35.5. The summed E-state index contributed by atoms with van der Waals surface area (Å²) in [5, 5.41) is 0.687. The summed E-state index contributed by atoms with van der Waals surface area (Å²) in [4.78, 5) is 13.9. The summed E-state index contributed by atoms with van der Waals surface area (Å²) in [5.41, 5.74) is 0.867. The normalized spacial score (nSPS) is 11.6. The average Bonchev–Trinajstić information content (AvgIpc) is 2.58. The monoisotopic (exact) mass is 383 g/mol. The average molecular weight is 384 g/mol. The van der Waals surface area contributed by atoms with Crippen LogP contribution in [0, 0.1) is 0 Å². The number of nitrogens with zero attached hydrogens (tertiary/aromatic N) is 1. The van der Waals surface area contributed by atoms with Crippen molar-refractivity contribution < 1.29 is 19.0 Å². The maximum Gasteiger partial charge on any atom is 0.515 e. The molecular weight excluding hydrogens is 365 g/mol. The number of rotatable bonds is 6. The van der Waals surface area contributed by atoms with Crippen LogP contribution in [0.3, 0.4) is 0 Å². The van der Waals surface area contributed by atoms with E-state index in [4.69, 9.17) is 37.4 Å². The highest BCUT2D eigenvalue weighted by Crippen LogP contribution is 2.28. The van der Waals surface area contributed by atoms with Crippen molar-refractivity contribution >= 4 is 35.0 Å². The Balaban J connectivity index is 2.05. The van der Waals surface area contributed by atoms with Crippen molar-refractivity contribution in [3.8, 4) is 11.5 Å². The molecule has 0 spiro atoms. The molecule has 2 aromatic rings. The fourth-order valence-corrected chi connectivity index (χ4v) is 2.76. The van der Waals surface area contributed by atoms with Gasteiger partial charge in [0.25, 0.3) is 0 Å². The van der Waals surface area contributed by atoms with Crippen molar-refractivity contribution in [2.45, 2.75) is 20.1 Å². The number of benzene rings is 2. The standard InChI is InChI=1S/C18H19Cl2NO4/c1-4-21(14-6-5-7-15(11-14)23-3)12(2)24-18(22)25-17-9-8-13(19)10-16(17)20/h5-12H,4H2,1-3H3. The summed E-state index contributed by atoms with van der Waals surface area (Å²) in [6, 6.07) is 12.1. The van der Waals surface area contributed by atoms with Crippen LogP contribution < -0.4 is 14.4 Å². The van der Waals surface area contributed by atoms with Gasteiger partial charge in [0.2, 0.25) is 0 Å². The molecule has 2 rings (SSSR count). The summed E-state index contributed by atoms with van der Waals surface area (Å²) in [5.74, 6) is 0.909. The fourth-order valence-electron chi connectivity index (χ4n) is 2.31. The Kier molecular flexibility index (Phi) is 6.79. The molecule has 0 aliphatic rings. The number of ether oxygens (including phenoxy) is 3. The van der Waals surface area contributed by atoms with Crippen LogP contribution in [0.15, 0.2) is 42.5 Å². The lowest BCUT2D eigenvalue weighted by Crippen LogP contribution is -2.37. The minimum atomic E-state index is -0.849. The van der Waals surface area contributed by atoms with E-state index in [0.717, 1.165) is 11.4 Å². The largest absolute Gasteiger partial charge is 0.515 e. The molecule has 2 aromatic carbocycles. The predicted octanol–water partition coefficient (Wildman–Crippen LogP) is 5.39. The van der Waals surface area contributed by atoms with Gasteiger partial charge >= 0.3 is 6.16 Å². The summed E-state index contributed by atoms with van der Waals surface area (Å²) in [6.07, 6.45) is -1.39. The van der Waals surface area contributed by atoms with Gasteiger partial charge in [-0.05, 0) is 44.2 Å². The SMILES string of the molecule is CCN(c1cccc(OC)c1)C(C)OC(=O)Oc1ccc(Cl)cc1Cl. The van der Waals surface area contributed by atoms with Crippen LogP contribution >= 0.6 is 23.2 Å². The molecule has 134 valence electrons. The molecule has 0 saturated carbocycles. The van der Waals surface area contributed by atoms with Crippen molar-refractivity contribution in [1.82, 2.24) is 0 Å². The molecule has 0 aromatic heterocycles. The van der Waals surface area contributed by atoms with E-state index in [1.54, 1.807) is 20.1 Å². The summed E-state index contributed by atoms with van der Waals surface area (Å²) < 4.78 is 15.7. The van der Waals surface area contributed by atoms with E-state index in [0.29, 0.717) is 11.6 Å². The van der Waals surface area contributed by atoms with Gasteiger partial charge in [-0.1, -0.05) is 29.3 Å². The molecule has 7 heteroatoms. The molecule has 25 heavy (non-hydrogen) atoms. The molecule has 1 unspecified atom stereocenters. The van der Waals surface area contributed by atoms with E-state index in [9.17, 15) is 4.79 Å². The number of hydrogen-bond donors (Lipinski definition) is 0. The Labute approximate surface area is 157 Å². The molecule has 0 heterocycles. The zero-order valence-electron chi connectivity index (χ0n) is 14.2. The first kappa shape index (κ1) is 19.2. The van der Waals surface area contributed by atoms with Gasteiger partial charge in [0.05, 0.1) is 12.1 Å². The molecule has 5 nitrogen and oxygen atoms in total. The third kappa shape index (κ3) is 5.18. The number of carbonyl (C=O) groups is 1. The highest BCUT2D eigenvalue weighted by Gasteiger charge is 2.19. The van der Waals surface area contributed by atoms with E-state index in [1.807, 2.05) is 36.1 Å². The Hall–Kier alpha value is -2.11. The summed E-state index contributed by atoms with van der Waals surface area (Å²) >= 11 is 11.8. The van der Waals surface area contributed by atoms with Gasteiger partial charge in [-0.2, -0.15) is 0 Å². The molecule has 0 bridgehead atoms. The second kappa shape index (κ2) is 8.83. The van der Waals surface area contributed by atoms with Gasteiger partial charge in [-0.15, -0.1) is 0 Å². The molecule has 0 N–H and O–H groups in total. The molecule has 1 atom stereocenters. The Bertz CT molecular complexity index is 739. The van der Waals surface area contributed by atoms with Crippen LogP contribution in [0.25, 0.3) is 0 Å². The zero-order valence-corrected chi connectivity index (χ0v) is 15.7. The van der Waals surface area contributed by atoms with Crippen molar-refractivity contribution in [3.05, 3.63) is 52.5 Å². The maximum atomic E-state index is 12.0. The molecule has 0 amide bonds. The van der Waals surface area contributed by atoms with Crippen LogP contribution in [0.4, 0.5) is 10.5 Å². The minimum absolute atomic E-state index is 0.188. The van der Waals surface area contributed by atoms with Crippen LogP contribution in [0.1, 0.15) is 13.8 Å². The first-order valence-electron chi connectivity index (χ1n) is 7.68. The Morgan fingerprint density at radius 3 is 2.60 bits per heavy atom. The fraction of sp³-hybridized carbons (Fsp3) is 0.278. The van der Waals surface area contributed by atoms with Gasteiger partial charge in [-0.3, -0.25) is 0 Å². The minimum Gasteiger partial charge on any atom is -0.497 e. The van der Waals surface area contributed by atoms with Gasteiger partial charge in [0, 0.05) is 23.3 Å². The van der Waals surface area contributed by atoms with E-state index in [-0.39, 0.29) is 10.8 Å². The van der Waals surface area contributed by atoms with E-state index < -0.39 is 12.4 Å². The van der Waals surface area contributed by atoms with Crippen LogP contribution in [0.5, 0.6) is 11.5 Å². The highest BCUT2D eigenvalue weighted by molar-refractivity contribution is 6.35. The zero-order chi connectivity index (χ0) is 18.4. The predicted molar refractivity (Wildman–Crippen MR) is 99.0 cm³/mol. The summed E-state index contributed by atoms with van der Waals surface area (Å²) in [7, 11) is 1.60. The summed E-state index contributed by atoms with van der Waals surface area (Å²) in [6.45, 7) is 4.34. The van der Waals surface area contributed by atoms with Gasteiger partial charge in [0.15, 0.2) is 12.0 Å². The van der Waals surface area contributed by atoms with Crippen LogP contribution in [0.2, 0.25) is 10.0 Å². The number of carbonyl (C=O) groups excluding carboxylic acids is 1. The Morgan fingerprint density at radius 2 is 1.96 bits per heavy atom. The topological polar surface area (TPSA) is 48.0 Å². The number of anilines is 1. The van der Waals surface area contributed by atoms with E-state index in [2.05, 4.69) is 0 Å². The molecular formula is C18H19Cl2NO4. The van der Waals surface area contributed by atoms with Gasteiger partial charge < -0.3 is 19.1 Å². The number of halogens is 2. The van der Waals surface area contributed by atoms with Crippen molar-refractivity contribution in [3.63, 3.8) is 0 Å². The van der Waals surface area contributed by atoms with Crippen molar-refractivity contribution in [2.75, 3.05) is 18.6 Å². The molecule has 0 aliphatic heterocycles. The second-order valence-electron chi connectivity index (χ2n) is 5.13. The Morgan fingerprint density at radius 1 is 1.20 bits per heavy atom. The third-order valence-corrected chi connectivity index (χ3v) is 4.05. The van der Waals surface area contributed by atoms with Crippen LogP contribution in [-0.4, -0.2) is 26.0 Å². The first-order chi connectivity index (χ1) is 11.9. The molecule has 0 fully saturated rings. The lowest BCUT2D eigenvalue weighted by molar-refractivity contribution is 0.0645. The number of hydrogen-bond acceptors (Lipinski definition) is 5. The first-order valence-corrected chi connectivity index (χ1v) is 8.44.